The number of aromatic nitrogens is 1. The molecule has 1 heterocycles. The van der Waals surface area contributed by atoms with Crippen molar-refractivity contribution in [2.45, 2.75) is 32.2 Å². The van der Waals surface area contributed by atoms with Crippen molar-refractivity contribution in [3.05, 3.63) is 41.0 Å². The third-order valence-corrected chi connectivity index (χ3v) is 4.88. The zero-order valence-corrected chi connectivity index (χ0v) is 13.2. The van der Waals surface area contributed by atoms with Crippen LogP contribution >= 0.6 is 11.6 Å². The van der Waals surface area contributed by atoms with Crippen LogP contribution in [0.4, 0.5) is 0 Å². The van der Waals surface area contributed by atoms with Crippen molar-refractivity contribution < 1.29 is 9.90 Å². The molecule has 1 aliphatic rings. The maximum Gasteiger partial charge on any atom is 0.251 e. The lowest BCUT2D eigenvalue weighted by atomic mass is 9.85. The molecule has 1 aliphatic carbocycles. The molecule has 1 amide bonds. The number of halogens is 1. The standard InChI is InChI=1S/C17H19ClN2O2/c1-17(10-21)8-2-3-14(17)20-16(22)12-4-6-13-11(9-12)5-7-15(18)19-13/h4-7,9,14,21H,2-3,8,10H2,1H3,(H,20,22). The summed E-state index contributed by atoms with van der Waals surface area (Å²) in [4.78, 5) is 16.7. The van der Waals surface area contributed by atoms with Crippen molar-refractivity contribution in [1.82, 2.24) is 10.3 Å². The first-order valence-electron chi connectivity index (χ1n) is 7.50. The summed E-state index contributed by atoms with van der Waals surface area (Å²) in [5.41, 5.74) is 1.15. The van der Waals surface area contributed by atoms with E-state index < -0.39 is 0 Å². The van der Waals surface area contributed by atoms with Crippen LogP contribution in [0.2, 0.25) is 5.15 Å². The molecule has 2 aromatic rings. The maximum atomic E-state index is 12.5. The van der Waals surface area contributed by atoms with Crippen molar-refractivity contribution in [3.63, 3.8) is 0 Å². The fourth-order valence-electron chi connectivity index (χ4n) is 3.15. The van der Waals surface area contributed by atoms with Gasteiger partial charge in [0.1, 0.15) is 5.15 Å². The van der Waals surface area contributed by atoms with Gasteiger partial charge >= 0.3 is 0 Å². The molecule has 0 spiro atoms. The van der Waals surface area contributed by atoms with Gasteiger partial charge in [-0.2, -0.15) is 0 Å². The zero-order chi connectivity index (χ0) is 15.7. The number of aliphatic hydroxyl groups excluding tert-OH is 1. The number of fused-ring (bicyclic) bond motifs is 1. The van der Waals surface area contributed by atoms with Gasteiger partial charge in [-0.15, -0.1) is 0 Å². The van der Waals surface area contributed by atoms with Crippen molar-refractivity contribution >= 4 is 28.4 Å². The lowest BCUT2D eigenvalue weighted by molar-refractivity contribution is 0.0830. The highest BCUT2D eigenvalue weighted by atomic mass is 35.5. The van der Waals surface area contributed by atoms with E-state index in [1.54, 1.807) is 18.2 Å². The van der Waals surface area contributed by atoms with Gasteiger partial charge in [0.25, 0.3) is 5.91 Å². The molecular weight excluding hydrogens is 300 g/mol. The number of nitrogens with zero attached hydrogens (tertiary/aromatic N) is 1. The van der Waals surface area contributed by atoms with Crippen molar-refractivity contribution in [2.75, 3.05) is 6.61 Å². The molecule has 1 aromatic carbocycles. The first-order valence-corrected chi connectivity index (χ1v) is 7.88. The highest BCUT2D eigenvalue weighted by molar-refractivity contribution is 6.29. The second kappa shape index (κ2) is 5.86. The van der Waals surface area contributed by atoms with Crippen LogP contribution < -0.4 is 5.32 Å². The molecular formula is C17H19ClN2O2. The largest absolute Gasteiger partial charge is 0.396 e. The number of carbonyl (C=O) groups is 1. The molecule has 2 atom stereocenters. The predicted molar refractivity (Wildman–Crippen MR) is 87.1 cm³/mol. The average molecular weight is 319 g/mol. The monoisotopic (exact) mass is 318 g/mol. The van der Waals surface area contributed by atoms with E-state index in [0.29, 0.717) is 10.7 Å². The Morgan fingerprint density at radius 3 is 3.05 bits per heavy atom. The summed E-state index contributed by atoms with van der Waals surface area (Å²) in [5, 5.41) is 14.0. The fraction of sp³-hybridized carbons (Fsp3) is 0.412. The van der Waals surface area contributed by atoms with Gasteiger partial charge < -0.3 is 10.4 Å². The van der Waals surface area contributed by atoms with Gasteiger partial charge in [-0.25, -0.2) is 4.98 Å². The number of benzene rings is 1. The maximum absolute atomic E-state index is 12.5. The Hall–Kier alpha value is -1.65. The van der Waals surface area contributed by atoms with Crippen LogP contribution in [0.25, 0.3) is 10.9 Å². The van der Waals surface area contributed by atoms with Crippen LogP contribution in [0.5, 0.6) is 0 Å². The van der Waals surface area contributed by atoms with Gasteiger partial charge in [0.2, 0.25) is 0 Å². The van der Waals surface area contributed by atoms with Gasteiger partial charge in [-0.1, -0.05) is 24.9 Å². The van der Waals surface area contributed by atoms with Crippen LogP contribution in [-0.4, -0.2) is 28.6 Å². The van der Waals surface area contributed by atoms with E-state index in [2.05, 4.69) is 10.3 Å². The number of pyridine rings is 1. The Bertz CT molecular complexity index is 719. The highest BCUT2D eigenvalue weighted by Crippen LogP contribution is 2.37. The normalized spacial score (nSPS) is 24.6. The van der Waals surface area contributed by atoms with Crippen molar-refractivity contribution in [3.8, 4) is 0 Å². The Labute approximate surface area is 134 Å². The van der Waals surface area contributed by atoms with E-state index in [1.165, 1.54) is 0 Å². The molecule has 4 nitrogen and oxygen atoms in total. The summed E-state index contributed by atoms with van der Waals surface area (Å²) in [6, 6.07) is 8.96. The minimum absolute atomic E-state index is 0.0176. The second-order valence-corrected chi connectivity index (χ2v) is 6.66. The molecule has 1 fully saturated rings. The van der Waals surface area contributed by atoms with Gasteiger partial charge in [0.05, 0.1) is 12.1 Å². The Kier molecular flexibility index (Phi) is 4.06. The zero-order valence-electron chi connectivity index (χ0n) is 12.5. The third kappa shape index (κ3) is 2.81. The highest BCUT2D eigenvalue weighted by Gasteiger charge is 2.39. The van der Waals surface area contributed by atoms with Gasteiger partial charge in [-0.05, 0) is 43.2 Å². The van der Waals surface area contributed by atoms with E-state index >= 15 is 0 Å². The van der Waals surface area contributed by atoms with Crippen LogP contribution in [0.3, 0.4) is 0 Å². The summed E-state index contributed by atoms with van der Waals surface area (Å²) in [5.74, 6) is -0.108. The summed E-state index contributed by atoms with van der Waals surface area (Å²) in [7, 11) is 0. The van der Waals surface area contributed by atoms with E-state index in [-0.39, 0.29) is 24.0 Å². The van der Waals surface area contributed by atoms with Crippen LogP contribution in [0.15, 0.2) is 30.3 Å². The molecule has 0 aliphatic heterocycles. The number of carbonyl (C=O) groups excluding carboxylic acids is 1. The minimum Gasteiger partial charge on any atom is -0.396 e. The molecule has 3 rings (SSSR count). The van der Waals surface area contributed by atoms with E-state index in [9.17, 15) is 9.90 Å². The predicted octanol–water partition coefficient (Wildman–Crippen LogP) is 3.17. The van der Waals surface area contributed by atoms with Crippen molar-refractivity contribution in [1.29, 1.82) is 0 Å². The van der Waals surface area contributed by atoms with Crippen LogP contribution in [0.1, 0.15) is 36.5 Å². The Morgan fingerprint density at radius 2 is 2.27 bits per heavy atom. The smallest absolute Gasteiger partial charge is 0.251 e. The summed E-state index contributed by atoms with van der Waals surface area (Å²) in [6.07, 6.45) is 2.88. The minimum atomic E-state index is -0.221. The van der Waals surface area contributed by atoms with E-state index in [0.717, 1.165) is 30.2 Å². The van der Waals surface area contributed by atoms with Crippen LogP contribution in [0, 0.1) is 5.41 Å². The molecule has 1 aromatic heterocycles. The van der Waals surface area contributed by atoms with Crippen LogP contribution in [-0.2, 0) is 0 Å². The summed E-state index contributed by atoms with van der Waals surface area (Å²) in [6.45, 7) is 2.12. The number of hydrogen-bond donors (Lipinski definition) is 2. The lowest BCUT2D eigenvalue weighted by Gasteiger charge is -2.30. The van der Waals surface area contributed by atoms with Crippen molar-refractivity contribution in [2.24, 2.45) is 5.41 Å². The van der Waals surface area contributed by atoms with E-state index in [1.807, 2.05) is 19.1 Å². The molecule has 5 heteroatoms. The molecule has 1 saturated carbocycles. The fourth-order valence-corrected chi connectivity index (χ4v) is 3.31. The molecule has 116 valence electrons. The topological polar surface area (TPSA) is 62.2 Å². The SMILES string of the molecule is CC1(CO)CCCC1NC(=O)c1ccc2nc(Cl)ccc2c1. The molecule has 2 N–H and O–H groups in total. The first-order chi connectivity index (χ1) is 10.5. The number of hydrogen-bond acceptors (Lipinski definition) is 3. The summed E-state index contributed by atoms with van der Waals surface area (Å²) < 4.78 is 0. The Morgan fingerprint density at radius 1 is 1.45 bits per heavy atom. The molecule has 22 heavy (non-hydrogen) atoms. The molecule has 0 radical (unpaired) electrons. The van der Waals surface area contributed by atoms with Gasteiger partial charge in [-0.3, -0.25) is 4.79 Å². The first kappa shape index (κ1) is 15.3. The van der Waals surface area contributed by atoms with Gasteiger partial charge in [0, 0.05) is 22.4 Å². The quantitative estimate of drug-likeness (QED) is 0.854. The Balaban J connectivity index is 1.82. The number of amides is 1. The molecule has 0 bridgehead atoms. The second-order valence-electron chi connectivity index (χ2n) is 6.27. The number of nitrogens with one attached hydrogen (secondary N) is 1. The number of rotatable bonds is 3. The molecule has 2 unspecified atom stereocenters. The third-order valence-electron chi connectivity index (χ3n) is 4.67. The number of aliphatic hydroxyl groups is 1. The average Bonchev–Trinajstić information content (AvgIpc) is 2.88. The summed E-state index contributed by atoms with van der Waals surface area (Å²) >= 11 is 5.87. The molecule has 0 saturated heterocycles. The van der Waals surface area contributed by atoms with E-state index in [4.69, 9.17) is 11.6 Å². The van der Waals surface area contributed by atoms with Gasteiger partial charge in [0.15, 0.2) is 0 Å². The lowest BCUT2D eigenvalue weighted by Crippen LogP contribution is -2.44.